The van der Waals surface area contributed by atoms with Gasteiger partial charge in [-0.2, -0.15) is 0 Å². The van der Waals surface area contributed by atoms with Crippen LogP contribution >= 0.6 is 11.6 Å². The molecule has 0 saturated carbocycles. The third-order valence-electron chi connectivity index (χ3n) is 2.88. The van der Waals surface area contributed by atoms with Crippen LogP contribution in [0.4, 0.5) is 23.2 Å². The summed E-state index contributed by atoms with van der Waals surface area (Å²) >= 11 is 5.66. The van der Waals surface area contributed by atoms with Gasteiger partial charge in [-0.3, -0.25) is 4.79 Å². The monoisotopic (exact) mass is 311 g/mol. The fraction of sp³-hybridized carbons (Fsp3) is 0.417. The molecular formula is C12H10ClF4NO2. The quantitative estimate of drug-likeness (QED) is 0.633. The number of nitrogens with zero attached hydrogens (tertiary/aromatic N) is 1. The van der Waals surface area contributed by atoms with Crippen molar-refractivity contribution in [3.05, 3.63) is 24.0 Å². The van der Waals surface area contributed by atoms with Gasteiger partial charge in [0.15, 0.2) is 11.6 Å². The second-order valence-electron chi connectivity index (χ2n) is 4.39. The highest BCUT2D eigenvalue weighted by molar-refractivity contribution is 6.18. The number of benzene rings is 1. The molecule has 0 aromatic heterocycles. The van der Waals surface area contributed by atoms with Crippen molar-refractivity contribution >= 4 is 23.2 Å². The van der Waals surface area contributed by atoms with Crippen LogP contribution in [-0.2, 0) is 4.79 Å². The standard InChI is InChI=1S/C12H10ClF4NO2/c13-5-7-3-11(19)18(6-7)8-1-2-10(9(14)4-8)20-12(15,16)17/h1-2,4,7H,3,5-6H2. The minimum Gasteiger partial charge on any atom is -0.403 e. The largest absolute Gasteiger partial charge is 0.573 e. The van der Waals surface area contributed by atoms with E-state index >= 15 is 0 Å². The third-order valence-corrected chi connectivity index (χ3v) is 3.31. The number of carbonyl (C=O) groups excluding carboxylic acids is 1. The summed E-state index contributed by atoms with van der Waals surface area (Å²) in [4.78, 5) is 13.0. The zero-order valence-electron chi connectivity index (χ0n) is 10.1. The van der Waals surface area contributed by atoms with Crippen LogP contribution in [0.25, 0.3) is 0 Å². The SMILES string of the molecule is O=C1CC(CCl)CN1c1ccc(OC(F)(F)F)c(F)c1. The molecule has 3 nitrogen and oxygen atoms in total. The van der Waals surface area contributed by atoms with Gasteiger partial charge in [-0.05, 0) is 18.1 Å². The molecule has 1 unspecified atom stereocenters. The van der Waals surface area contributed by atoms with Gasteiger partial charge in [0.1, 0.15) is 0 Å². The Morgan fingerprint density at radius 3 is 2.60 bits per heavy atom. The van der Waals surface area contributed by atoms with Gasteiger partial charge < -0.3 is 9.64 Å². The van der Waals surface area contributed by atoms with Crippen molar-refractivity contribution in [3.8, 4) is 5.75 Å². The second kappa shape index (κ2) is 5.47. The molecule has 20 heavy (non-hydrogen) atoms. The Morgan fingerprint density at radius 2 is 2.10 bits per heavy atom. The highest BCUT2D eigenvalue weighted by atomic mass is 35.5. The van der Waals surface area contributed by atoms with E-state index in [0.717, 1.165) is 12.1 Å². The Hall–Kier alpha value is -1.50. The Balaban J connectivity index is 2.19. The van der Waals surface area contributed by atoms with Crippen molar-refractivity contribution in [1.29, 1.82) is 0 Å². The Bertz CT molecular complexity index is 521. The normalized spacial score (nSPS) is 19.6. The van der Waals surface area contributed by atoms with Gasteiger partial charge in [-0.15, -0.1) is 24.8 Å². The zero-order chi connectivity index (χ0) is 14.9. The van der Waals surface area contributed by atoms with Crippen LogP contribution in [0, 0.1) is 11.7 Å². The average Bonchev–Trinajstić information content (AvgIpc) is 2.72. The van der Waals surface area contributed by atoms with E-state index < -0.39 is 17.9 Å². The first kappa shape index (κ1) is 14.9. The molecule has 1 fully saturated rings. The van der Waals surface area contributed by atoms with Crippen LogP contribution in [0.2, 0.25) is 0 Å². The first-order valence-electron chi connectivity index (χ1n) is 5.72. The molecule has 0 N–H and O–H groups in total. The first-order chi connectivity index (χ1) is 9.30. The number of rotatable bonds is 3. The minimum atomic E-state index is -4.96. The molecule has 1 aromatic carbocycles. The van der Waals surface area contributed by atoms with Gasteiger partial charge in [-0.1, -0.05) is 0 Å². The summed E-state index contributed by atoms with van der Waals surface area (Å²) in [5, 5.41) is 0. The number of anilines is 1. The van der Waals surface area contributed by atoms with E-state index in [9.17, 15) is 22.4 Å². The fourth-order valence-electron chi connectivity index (χ4n) is 2.00. The maximum absolute atomic E-state index is 13.6. The number of carbonyl (C=O) groups is 1. The maximum Gasteiger partial charge on any atom is 0.573 e. The summed E-state index contributed by atoms with van der Waals surface area (Å²) in [7, 11) is 0. The van der Waals surface area contributed by atoms with E-state index in [2.05, 4.69) is 4.74 Å². The molecule has 0 spiro atoms. The summed E-state index contributed by atoms with van der Waals surface area (Å²) in [6.45, 7) is 0.321. The van der Waals surface area contributed by atoms with Crippen LogP contribution in [0.5, 0.6) is 5.75 Å². The molecule has 1 amide bonds. The molecule has 0 aliphatic carbocycles. The topological polar surface area (TPSA) is 29.5 Å². The van der Waals surface area contributed by atoms with Crippen LogP contribution in [0.15, 0.2) is 18.2 Å². The minimum absolute atomic E-state index is 0.0432. The Labute approximate surface area is 117 Å². The van der Waals surface area contributed by atoms with Gasteiger partial charge in [0, 0.05) is 30.6 Å². The average molecular weight is 312 g/mol. The zero-order valence-corrected chi connectivity index (χ0v) is 10.8. The predicted octanol–water partition coefficient (Wildman–Crippen LogP) is 3.32. The Morgan fingerprint density at radius 1 is 1.40 bits per heavy atom. The van der Waals surface area contributed by atoms with Crippen molar-refractivity contribution in [2.24, 2.45) is 5.92 Å². The molecule has 1 aliphatic heterocycles. The molecule has 1 saturated heterocycles. The highest BCUT2D eigenvalue weighted by Gasteiger charge is 2.33. The van der Waals surface area contributed by atoms with Gasteiger partial charge in [0.25, 0.3) is 0 Å². The van der Waals surface area contributed by atoms with E-state index in [4.69, 9.17) is 11.6 Å². The molecule has 1 aliphatic rings. The van der Waals surface area contributed by atoms with Crippen molar-refractivity contribution in [1.82, 2.24) is 0 Å². The third kappa shape index (κ3) is 3.33. The molecule has 1 heterocycles. The Kier molecular flexibility index (Phi) is 4.08. The molecule has 110 valence electrons. The number of halogens is 5. The van der Waals surface area contributed by atoms with E-state index in [1.165, 1.54) is 11.0 Å². The van der Waals surface area contributed by atoms with E-state index in [-0.39, 0.29) is 23.9 Å². The lowest BCUT2D eigenvalue weighted by Gasteiger charge is -2.17. The lowest BCUT2D eigenvalue weighted by molar-refractivity contribution is -0.275. The number of hydrogen-bond donors (Lipinski definition) is 0. The van der Waals surface area contributed by atoms with Crippen molar-refractivity contribution in [2.45, 2.75) is 12.8 Å². The van der Waals surface area contributed by atoms with Gasteiger partial charge in [-0.25, -0.2) is 4.39 Å². The summed E-state index contributed by atoms with van der Waals surface area (Å²) in [5.74, 6) is -2.10. The van der Waals surface area contributed by atoms with Crippen LogP contribution in [0.3, 0.4) is 0 Å². The molecule has 0 radical (unpaired) electrons. The van der Waals surface area contributed by atoms with Crippen molar-refractivity contribution in [2.75, 3.05) is 17.3 Å². The second-order valence-corrected chi connectivity index (χ2v) is 4.70. The van der Waals surface area contributed by atoms with Crippen LogP contribution < -0.4 is 9.64 Å². The molecular weight excluding hydrogens is 302 g/mol. The van der Waals surface area contributed by atoms with E-state index in [1.807, 2.05) is 0 Å². The maximum atomic E-state index is 13.6. The lowest BCUT2D eigenvalue weighted by Crippen LogP contribution is -2.25. The summed E-state index contributed by atoms with van der Waals surface area (Å²) in [5.41, 5.74) is 0.189. The fourth-order valence-corrected chi connectivity index (χ4v) is 2.21. The van der Waals surface area contributed by atoms with Crippen molar-refractivity contribution in [3.63, 3.8) is 0 Å². The lowest BCUT2D eigenvalue weighted by atomic mass is 10.1. The highest BCUT2D eigenvalue weighted by Crippen LogP contribution is 2.31. The van der Waals surface area contributed by atoms with Crippen LogP contribution in [-0.4, -0.2) is 24.7 Å². The summed E-state index contributed by atoms with van der Waals surface area (Å²) < 4.78 is 53.1. The molecule has 1 atom stereocenters. The number of hydrogen-bond acceptors (Lipinski definition) is 2. The van der Waals surface area contributed by atoms with Crippen LogP contribution in [0.1, 0.15) is 6.42 Å². The first-order valence-corrected chi connectivity index (χ1v) is 6.25. The van der Waals surface area contributed by atoms with Gasteiger partial charge >= 0.3 is 6.36 Å². The summed E-state index contributed by atoms with van der Waals surface area (Å²) in [6, 6.07) is 2.90. The molecule has 8 heteroatoms. The number of ether oxygens (including phenoxy) is 1. The molecule has 2 rings (SSSR count). The van der Waals surface area contributed by atoms with Gasteiger partial charge in [0.05, 0.1) is 0 Å². The smallest absolute Gasteiger partial charge is 0.403 e. The number of alkyl halides is 4. The molecule has 0 bridgehead atoms. The predicted molar refractivity (Wildman–Crippen MR) is 64.3 cm³/mol. The number of amides is 1. The van der Waals surface area contributed by atoms with E-state index in [0.29, 0.717) is 12.4 Å². The van der Waals surface area contributed by atoms with Gasteiger partial charge in [0.2, 0.25) is 5.91 Å². The summed E-state index contributed by atoms with van der Waals surface area (Å²) in [6.07, 6.45) is -4.72. The molecule has 1 aromatic rings. The van der Waals surface area contributed by atoms with Crippen molar-refractivity contribution < 1.29 is 27.1 Å². The van der Waals surface area contributed by atoms with E-state index in [1.54, 1.807) is 0 Å².